The molecule has 0 atom stereocenters. The lowest BCUT2D eigenvalue weighted by molar-refractivity contribution is 0.170. The largest absolute Gasteiger partial charge is 0.496 e. The smallest absolute Gasteiger partial charge is 0.165 e. The van der Waals surface area contributed by atoms with Gasteiger partial charge in [-0.1, -0.05) is 6.92 Å². The average Bonchev–Trinajstić information content (AvgIpc) is 2.27. The van der Waals surface area contributed by atoms with Crippen LogP contribution in [0.1, 0.15) is 12.5 Å². The van der Waals surface area contributed by atoms with Crippen molar-refractivity contribution in [1.82, 2.24) is 0 Å². The fourth-order valence-corrected chi connectivity index (χ4v) is 1.58. The molecule has 0 spiro atoms. The Hall–Kier alpha value is -1.38. The number of fused-ring (bicyclic) bond motifs is 1. The average molecular weight is 194 g/mol. The maximum Gasteiger partial charge on any atom is 0.165 e. The van der Waals surface area contributed by atoms with Gasteiger partial charge in [0.15, 0.2) is 11.5 Å². The monoisotopic (exact) mass is 194 g/mol. The van der Waals surface area contributed by atoms with Gasteiger partial charge in [-0.2, -0.15) is 0 Å². The standard InChI is InChI=1S/C11H14O3/c1-3-8-6-10-11(7-9(8)12-2)14-5-4-13-10/h6-7H,3-5H2,1-2H3. The van der Waals surface area contributed by atoms with Crippen LogP contribution in [0, 0.1) is 0 Å². The molecule has 14 heavy (non-hydrogen) atoms. The van der Waals surface area contributed by atoms with Gasteiger partial charge < -0.3 is 14.2 Å². The van der Waals surface area contributed by atoms with E-state index in [2.05, 4.69) is 6.92 Å². The number of aryl methyl sites for hydroxylation is 1. The van der Waals surface area contributed by atoms with Crippen LogP contribution in [0.4, 0.5) is 0 Å². The summed E-state index contributed by atoms with van der Waals surface area (Å²) in [5.74, 6) is 2.48. The lowest BCUT2D eigenvalue weighted by Gasteiger charge is -2.20. The van der Waals surface area contributed by atoms with Crippen LogP contribution in [0.2, 0.25) is 0 Å². The molecule has 2 rings (SSSR count). The summed E-state index contributed by atoms with van der Waals surface area (Å²) in [4.78, 5) is 0. The molecule has 0 amide bonds. The molecule has 0 fully saturated rings. The maximum atomic E-state index is 5.48. The molecule has 1 aromatic rings. The molecule has 0 radical (unpaired) electrons. The number of rotatable bonds is 2. The van der Waals surface area contributed by atoms with Crippen LogP contribution in [0.15, 0.2) is 12.1 Å². The zero-order valence-electron chi connectivity index (χ0n) is 8.50. The fourth-order valence-electron chi connectivity index (χ4n) is 1.58. The van der Waals surface area contributed by atoms with Crippen LogP contribution in [0.5, 0.6) is 17.2 Å². The Morgan fingerprint density at radius 3 is 2.43 bits per heavy atom. The molecule has 1 aliphatic heterocycles. The highest BCUT2D eigenvalue weighted by Crippen LogP contribution is 2.36. The van der Waals surface area contributed by atoms with Crippen molar-refractivity contribution in [2.75, 3.05) is 20.3 Å². The van der Waals surface area contributed by atoms with E-state index in [9.17, 15) is 0 Å². The first-order chi connectivity index (χ1) is 6.85. The molecular weight excluding hydrogens is 180 g/mol. The second kappa shape index (κ2) is 3.78. The Kier molecular flexibility index (Phi) is 2.48. The van der Waals surface area contributed by atoms with Crippen molar-refractivity contribution in [3.05, 3.63) is 17.7 Å². The van der Waals surface area contributed by atoms with Gasteiger partial charge in [-0.3, -0.25) is 0 Å². The lowest BCUT2D eigenvalue weighted by atomic mass is 10.1. The Bertz CT molecular complexity index is 289. The van der Waals surface area contributed by atoms with Crippen LogP contribution in [-0.2, 0) is 6.42 Å². The third kappa shape index (κ3) is 1.50. The Balaban J connectivity index is 2.43. The molecule has 0 aliphatic carbocycles. The number of hydrogen-bond acceptors (Lipinski definition) is 3. The van der Waals surface area contributed by atoms with Crippen molar-refractivity contribution in [2.24, 2.45) is 0 Å². The third-order valence-corrected chi connectivity index (χ3v) is 2.33. The highest BCUT2D eigenvalue weighted by molar-refractivity contribution is 5.51. The van der Waals surface area contributed by atoms with Crippen molar-refractivity contribution in [3.63, 3.8) is 0 Å². The summed E-state index contributed by atoms with van der Waals surface area (Å²) < 4.78 is 16.2. The number of hydrogen-bond donors (Lipinski definition) is 0. The molecule has 3 heteroatoms. The minimum Gasteiger partial charge on any atom is -0.496 e. The first-order valence-electron chi connectivity index (χ1n) is 4.81. The maximum absolute atomic E-state index is 5.48. The molecule has 1 heterocycles. The second-order valence-corrected chi connectivity index (χ2v) is 3.16. The Labute approximate surface area is 83.6 Å². The van der Waals surface area contributed by atoms with E-state index in [1.807, 2.05) is 12.1 Å². The Morgan fingerprint density at radius 2 is 1.86 bits per heavy atom. The van der Waals surface area contributed by atoms with E-state index in [1.165, 1.54) is 0 Å². The predicted molar refractivity (Wildman–Crippen MR) is 53.4 cm³/mol. The van der Waals surface area contributed by atoms with Crippen LogP contribution >= 0.6 is 0 Å². The van der Waals surface area contributed by atoms with E-state index in [-0.39, 0.29) is 0 Å². The minimum atomic E-state index is 0.613. The van der Waals surface area contributed by atoms with Crippen molar-refractivity contribution in [2.45, 2.75) is 13.3 Å². The molecule has 0 saturated heterocycles. The summed E-state index contributed by atoms with van der Waals surface area (Å²) >= 11 is 0. The normalized spacial score (nSPS) is 13.9. The molecule has 0 saturated carbocycles. The van der Waals surface area contributed by atoms with E-state index in [0.29, 0.717) is 13.2 Å². The minimum absolute atomic E-state index is 0.613. The zero-order chi connectivity index (χ0) is 9.97. The summed E-state index contributed by atoms with van der Waals surface area (Å²) in [5.41, 5.74) is 1.15. The van der Waals surface area contributed by atoms with Gasteiger partial charge in [0.25, 0.3) is 0 Å². The fraction of sp³-hybridized carbons (Fsp3) is 0.455. The van der Waals surface area contributed by atoms with Gasteiger partial charge >= 0.3 is 0 Å². The van der Waals surface area contributed by atoms with Gasteiger partial charge in [0.1, 0.15) is 19.0 Å². The van der Waals surface area contributed by atoms with Gasteiger partial charge in [-0.15, -0.1) is 0 Å². The molecule has 0 unspecified atom stereocenters. The van der Waals surface area contributed by atoms with Crippen molar-refractivity contribution < 1.29 is 14.2 Å². The highest BCUT2D eigenvalue weighted by Gasteiger charge is 2.15. The summed E-state index contributed by atoms with van der Waals surface area (Å²) in [5, 5.41) is 0. The van der Waals surface area contributed by atoms with Crippen LogP contribution in [-0.4, -0.2) is 20.3 Å². The summed E-state index contributed by atoms with van der Waals surface area (Å²) in [6.07, 6.45) is 0.930. The Morgan fingerprint density at radius 1 is 1.21 bits per heavy atom. The summed E-state index contributed by atoms with van der Waals surface area (Å²) in [7, 11) is 1.67. The van der Waals surface area contributed by atoms with Crippen LogP contribution in [0.25, 0.3) is 0 Å². The molecule has 0 N–H and O–H groups in total. The van der Waals surface area contributed by atoms with E-state index in [1.54, 1.807) is 7.11 Å². The molecule has 3 nitrogen and oxygen atoms in total. The molecule has 0 aromatic heterocycles. The lowest BCUT2D eigenvalue weighted by Crippen LogP contribution is -2.15. The summed E-state index contributed by atoms with van der Waals surface area (Å²) in [6.45, 7) is 3.33. The van der Waals surface area contributed by atoms with Crippen molar-refractivity contribution in [3.8, 4) is 17.2 Å². The van der Waals surface area contributed by atoms with Gasteiger partial charge in [0, 0.05) is 6.07 Å². The highest BCUT2D eigenvalue weighted by atomic mass is 16.6. The van der Waals surface area contributed by atoms with E-state index >= 15 is 0 Å². The topological polar surface area (TPSA) is 27.7 Å². The van der Waals surface area contributed by atoms with E-state index in [4.69, 9.17) is 14.2 Å². The van der Waals surface area contributed by atoms with Gasteiger partial charge in [0.2, 0.25) is 0 Å². The van der Waals surface area contributed by atoms with E-state index < -0.39 is 0 Å². The SMILES string of the molecule is CCc1cc2c(cc1OC)OCCO2. The van der Waals surface area contributed by atoms with Crippen molar-refractivity contribution >= 4 is 0 Å². The molecular formula is C11H14O3. The quantitative estimate of drug-likeness (QED) is 0.721. The molecule has 1 aliphatic rings. The molecule has 76 valence electrons. The first-order valence-corrected chi connectivity index (χ1v) is 4.81. The number of methoxy groups -OCH3 is 1. The van der Waals surface area contributed by atoms with Crippen molar-refractivity contribution in [1.29, 1.82) is 0 Å². The predicted octanol–water partition coefficient (Wildman–Crippen LogP) is 2.03. The van der Waals surface area contributed by atoms with Gasteiger partial charge in [-0.05, 0) is 18.1 Å². The van der Waals surface area contributed by atoms with Crippen LogP contribution in [0.3, 0.4) is 0 Å². The van der Waals surface area contributed by atoms with Gasteiger partial charge in [0.05, 0.1) is 7.11 Å². The zero-order valence-corrected chi connectivity index (χ0v) is 8.50. The summed E-state index contributed by atoms with van der Waals surface area (Å²) in [6, 6.07) is 3.89. The number of ether oxygens (including phenoxy) is 3. The molecule has 1 aromatic carbocycles. The first kappa shape index (κ1) is 9.19. The number of benzene rings is 1. The van der Waals surface area contributed by atoms with Crippen LogP contribution < -0.4 is 14.2 Å². The van der Waals surface area contributed by atoms with Gasteiger partial charge in [-0.25, -0.2) is 0 Å². The third-order valence-electron chi connectivity index (χ3n) is 2.33. The molecule has 0 bridgehead atoms. The van der Waals surface area contributed by atoms with E-state index in [0.717, 1.165) is 29.2 Å². The second-order valence-electron chi connectivity index (χ2n) is 3.16.